The molecule has 116 valence electrons. The second kappa shape index (κ2) is 7.41. The van der Waals surface area contributed by atoms with Crippen LogP contribution in [0.25, 0.3) is 0 Å². The van der Waals surface area contributed by atoms with Crippen molar-refractivity contribution in [2.75, 3.05) is 24.5 Å². The molecule has 2 N–H and O–H groups in total. The summed E-state index contributed by atoms with van der Waals surface area (Å²) in [5.41, 5.74) is 1.26. The van der Waals surface area contributed by atoms with Crippen LogP contribution >= 0.6 is 0 Å². The number of carbonyl (C=O) groups is 1. The summed E-state index contributed by atoms with van der Waals surface area (Å²) in [7, 11) is 0. The second-order valence-electron chi connectivity index (χ2n) is 5.76. The summed E-state index contributed by atoms with van der Waals surface area (Å²) >= 11 is 0. The molecule has 2 heterocycles. The standard InChI is InChI=1S/C16H26N4O/c1-4-7-17-12(2)14-5-8-18-16(10-14)20-9-6-15(11-20)19-13(3)21/h5,8,10,12,15,17H,4,6-7,9,11H2,1-3H3,(H,19,21). The van der Waals surface area contributed by atoms with Crippen LogP contribution in [0.3, 0.4) is 0 Å². The Labute approximate surface area is 127 Å². The third-order valence-electron chi connectivity index (χ3n) is 3.89. The minimum Gasteiger partial charge on any atom is -0.354 e. The summed E-state index contributed by atoms with van der Waals surface area (Å²) < 4.78 is 0. The molecular formula is C16H26N4O. The Balaban J connectivity index is 1.99. The maximum Gasteiger partial charge on any atom is 0.217 e. The van der Waals surface area contributed by atoms with Gasteiger partial charge >= 0.3 is 0 Å². The highest BCUT2D eigenvalue weighted by Gasteiger charge is 2.24. The number of nitrogens with zero attached hydrogens (tertiary/aromatic N) is 2. The number of carbonyl (C=O) groups excluding carboxylic acids is 1. The molecule has 1 fully saturated rings. The van der Waals surface area contributed by atoms with Crippen LogP contribution in [0.2, 0.25) is 0 Å². The van der Waals surface area contributed by atoms with E-state index in [1.54, 1.807) is 6.92 Å². The van der Waals surface area contributed by atoms with Crippen LogP contribution in [-0.2, 0) is 4.79 Å². The molecule has 1 aromatic heterocycles. The largest absolute Gasteiger partial charge is 0.354 e. The molecule has 2 rings (SSSR count). The van der Waals surface area contributed by atoms with Crippen molar-refractivity contribution in [3.8, 4) is 0 Å². The molecule has 0 spiro atoms. The Morgan fingerprint density at radius 2 is 2.38 bits per heavy atom. The minimum absolute atomic E-state index is 0.0425. The molecule has 0 bridgehead atoms. The third kappa shape index (κ3) is 4.43. The lowest BCUT2D eigenvalue weighted by Gasteiger charge is -2.20. The molecule has 21 heavy (non-hydrogen) atoms. The molecule has 5 nitrogen and oxygen atoms in total. The summed E-state index contributed by atoms with van der Waals surface area (Å²) in [6, 6.07) is 4.80. The average molecular weight is 290 g/mol. The van der Waals surface area contributed by atoms with E-state index < -0.39 is 0 Å². The van der Waals surface area contributed by atoms with E-state index in [9.17, 15) is 4.79 Å². The highest BCUT2D eigenvalue weighted by Crippen LogP contribution is 2.21. The molecule has 0 aliphatic carbocycles. The van der Waals surface area contributed by atoms with Crippen molar-refractivity contribution < 1.29 is 4.79 Å². The summed E-state index contributed by atoms with van der Waals surface area (Å²) in [6.07, 6.45) is 3.99. The molecular weight excluding hydrogens is 264 g/mol. The normalized spacial score (nSPS) is 19.6. The zero-order valence-electron chi connectivity index (χ0n) is 13.2. The average Bonchev–Trinajstić information content (AvgIpc) is 2.92. The van der Waals surface area contributed by atoms with E-state index in [0.29, 0.717) is 6.04 Å². The monoisotopic (exact) mass is 290 g/mol. The van der Waals surface area contributed by atoms with Crippen molar-refractivity contribution in [2.45, 2.75) is 45.7 Å². The van der Waals surface area contributed by atoms with Gasteiger partial charge in [0.1, 0.15) is 5.82 Å². The number of rotatable bonds is 6. The SMILES string of the molecule is CCCNC(C)c1ccnc(N2CCC(NC(C)=O)C2)c1. The van der Waals surface area contributed by atoms with Crippen molar-refractivity contribution in [1.82, 2.24) is 15.6 Å². The van der Waals surface area contributed by atoms with Gasteiger partial charge in [-0.25, -0.2) is 4.98 Å². The van der Waals surface area contributed by atoms with Crippen molar-refractivity contribution in [1.29, 1.82) is 0 Å². The van der Waals surface area contributed by atoms with Crippen LogP contribution < -0.4 is 15.5 Å². The zero-order valence-corrected chi connectivity index (χ0v) is 13.2. The fourth-order valence-corrected chi connectivity index (χ4v) is 2.73. The number of pyridine rings is 1. The van der Waals surface area contributed by atoms with E-state index >= 15 is 0 Å². The lowest BCUT2D eigenvalue weighted by molar-refractivity contribution is -0.119. The fourth-order valence-electron chi connectivity index (χ4n) is 2.73. The molecule has 0 aromatic carbocycles. The summed E-state index contributed by atoms with van der Waals surface area (Å²) in [5, 5.41) is 6.48. The summed E-state index contributed by atoms with van der Waals surface area (Å²) in [6.45, 7) is 8.73. The molecule has 5 heteroatoms. The Morgan fingerprint density at radius 3 is 3.10 bits per heavy atom. The maximum atomic E-state index is 11.1. The van der Waals surface area contributed by atoms with Gasteiger partial charge in [-0.2, -0.15) is 0 Å². The molecule has 2 atom stereocenters. The van der Waals surface area contributed by atoms with Crippen molar-refractivity contribution in [3.63, 3.8) is 0 Å². The molecule has 1 aliphatic rings. The fraction of sp³-hybridized carbons (Fsp3) is 0.625. The Bertz CT molecular complexity index is 477. The third-order valence-corrected chi connectivity index (χ3v) is 3.89. The van der Waals surface area contributed by atoms with Gasteiger partial charge in [-0.15, -0.1) is 0 Å². The minimum atomic E-state index is 0.0425. The van der Waals surface area contributed by atoms with Gasteiger partial charge in [0.15, 0.2) is 0 Å². The van der Waals surface area contributed by atoms with Crippen LogP contribution in [0.15, 0.2) is 18.3 Å². The first kappa shape index (κ1) is 15.8. The zero-order chi connectivity index (χ0) is 15.2. The molecule has 1 amide bonds. The first-order valence-corrected chi connectivity index (χ1v) is 7.81. The van der Waals surface area contributed by atoms with Crippen molar-refractivity contribution >= 4 is 11.7 Å². The number of nitrogens with one attached hydrogen (secondary N) is 2. The number of hydrogen-bond donors (Lipinski definition) is 2. The number of aromatic nitrogens is 1. The van der Waals surface area contributed by atoms with E-state index in [1.165, 1.54) is 5.56 Å². The smallest absolute Gasteiger partial charge is 0.217 e. The van der Waals surface area contributed by atoms with Gasteiger partial charge in [-0.3, -0.25) is 4.79 Å². The molecule has 0 saturated carbocycles. The van der Waals surface area contributed by atoms with Gasteiger partial charge in [0.25, 0.3) is 0 Å². The maximum absolute atomic E-state index is 11.1. The highest BCUT2D eigenvalue weighted by molar-refractivity contribution is 5.73. The molecule has 0 radical (unpaired) electrons. The quantitative estimate of drug-likeness (QED) is 0.839. The van der Waals surface area contributed by atoms with Crippen LogP contribution in [0.5, 0.6) is 0 Å². The Hall–Kier alpha value is -1.62. The van der Waals surface area contributed by atoms with Gasteiger partial charge in [0, 0.05) is 38.3 Å². The lowest BCUT2D eigenvalue weighted by Crippen LogP contribution is -2.35. The summed E-state index contributed by atoms with van der Waals surface area (Å²) in [4.78, 5) is 17.9. The predicted octanol–water partition coefficient (Wildman–Crippen LogP) is 1.86. The van der Waals surface area contributed by atoms with Gasteiger partial charge in [0.2, 0.25) is 5.91 Å². The van der Waals surface area contributed by atoms with Gasteiger partial charge in [-0.1, -0.05) is 6.92 Å². The van der Waals surface area contributed by atoms with E-state index in [1.807, 2.05) is 6.20 Å². The van der Waals surface area contributed by atoms with Gasteiger partial charge in [0.05, 0.1) is 0 Å². The molecule has 2 unspecified atom stereocenters. The van der Waals surface area contributed by atoms with E-state index in [2.05, 4.69) is 46.5 Å². The number of anilines is 1. The van der Waals surface area contributed by atoms with Crippen molar-refractivity contribution in [3.05, 3.63) is 23.9 Å². The first-order valence-electron chi connectivity index (χ1n) is 7.81. The van der Waals surface area contributed by atoms with E-state index in [0.717, 1.165) is 38.3 Å². The predicted molar refractivity (Wildman–Crippen MR) is 85.4 cm³/mol. The highest BCUT2D eigenvalue weighted by atomic mass is 16.1. The van der Waals surface area contributed by atoms with Crippen LogP contribution in [0.1, 0.15) is 45.2 Å². The molecule has 1 aliphatic heterocycles. The topological polar surface area (TPSA) is 57.3 Å². The van der Waals surface area contributed by atoms with Crippen LogP contribution in [0, 0.1) is 0 Å². The van der Waals surface area contributed by atoms with E-state index in [4.69, 9.17) is 0 Å². The molecule has 1 aromatic rings. The lowest BCUT2D eigenvalue weighted by atomic mass is 10.1. The summed E-state index contributed by atoms with van der Waals surface area (Å²) in [5.74, 6) is 1.05. The van der Waals surface area contributed by atoms with E-state index in [-0.39, 0.29) is 11.9 Å². The number of amides is 1. The van der Waals surface area contributed by atoms with Crippen molar-refractivity contribution in [2.24, 2.45) is 0 Å². The number of hydrogen-bond acceptors (Lipinski definition) is 4. The second-order valence-corrected chi connectivity index (χ2v) is 5.76. The molecule has 1 saturated heterocycles. The Morgan fingerprint density at radius 1 is 1.57 bits per heavy atom. The van der Waals surface area contributed by atoms with Crippen LogP contribution in [0.4, 0.5) is 5.82 Å². The Kier molecular flexibility index (Phi) is 5.56. The first-order chi connectivity index (χ1) is 10.1. The van der Waals surface area contributed by atoms with Gasteiger partial charge < -0.3 is 15.5 Å². The van der Waals surface area contributed by atoms with Gasteiger partial charge in [-0.05, 0) is 44.0 Å². The van der Waals surface area contributed by atoms with Crippen LogP contribution in [-0.4, -0.2) is 36.6 Å².